The van der Waals surface area contributed by atoms with E-state index in [1.54, 1.807) is 30.1 Å². The third-order valence-corrected chi connectivity index (χ3v) is 4.57. The lowest BCUT2D eigenvalue weighted by Crippen LogP contribution is -2.34. The van der Waals surface area contributed by atoms with Crippen LogP contribution in [0, 0.1) is 5.92 Å². The number of hydrogen-bond donors (Lipinski definition) is 1. The van der Waals surface area contributed by atoms with E-state index in [2.05, 4.69) is 10.4 Å². The van der Waals surface area contributed by atoms with Crippen LogP contribution in [0.25, 0.3) is 0 Å². The second-order valence-electron chi connectivity index (χ2n) is 6.51. The quantitative estimate of drug-likeness (QED) is 0.724. The number of carbonyl (C=O) groups is 1. The maximum absolute atomic E-state index is 12.4. The summed E-state index contributed by atoms with van der Waals surface area (Å²) < 4.78 is 18.5. The molecule has 0 saturated carbocycles. The highest BCUT2D eigenvalue weighted by Gasteiger charge is 2.23. The third kappa shape index (κ3) is 3.81. The van der Waals surface area contributed by atoms with Gasteiger partial charge < -0.3 is 19.2 Å². The van der Waals surface area contributed by atoms with E-state index < -0.39 is 0 Å². The number of benzene rings is 1. The van der Waals surface area contributed by atoms with E-state index in [4.69, 9.17) is 13.9 Å². The predicted octanol–water partition coefficient (Wildman–Crippen LogP) is 2.51. The summed E-state index contributed by atoms with van der Waals surface area (Å²) in [6.45, 7) is 1.55. The topological polar surface area (TPSA) is 78.5 Å². The van der Waals surface area contributed by atoms with Crippen LogP contribution in [0.3, 0.4) is 0 Å². The molecule has 1 aromatic carbocycles. The number of amides is 1. The van der Waals surface area contributed by atoms with E-state index in [0.717, 1.165) is 23.5 Å². The summed E-state index contributed by atoms with van der Waals surface area (Å²) in [5.41, 5.74) is 1.10. The lowest BCUT2D eigenvalue weighted by atomic mass is 9.96. The van der Waals surface area contributed by atoms with Crippen molar-refractivity contribution in [3.8, 4) is 11.5 Å². The van der Waals surface area contributed by atoms with Crippen LogP contribution in [0.1, 0.15) is 21.9 Å². The van der Waals surface area contributed by atoms with Gasteiger partial charge in [0.25, 0.3) is 5.91 Å². The summed E-state index contributed by atoms with van der Waals surface area (Å²) >= 11 is 0. The fourth-order valence-electron chi connectivity index (χ4n) is 3.21. The maximum atomic E-state index is 12.4. The molecule has 7 heteroatoms. The Morgan fingerprint density at radius 3 is 3.07 bits per heavy atom. The van der Waals surface area contributed by atoms with Crippen molar-refractivity contribution in [2.75, 3.05) is 20.3 Å². The van der Waals surface area contributed by atoms with Crippen molar-refractivity contribution in [3.63, 3.8) is 0 Å². The highest BCUT2D eigenvalue weighted by Crippen LogP contribution is 2.35. The molecule has 1 aliphatic heterocycles. The molecule has 0 saturated heterocycles. The monoisotopic (exact) mass is 367 g/mol. The molecule has 2 aromatic heterocycles. The molecule has 0 radical (unpaired) electrons. The lowest BCUT2D eigenvalue weighted by Gasteiger charge is -2.26. The zero-order chi connectivity index (χ0) is 18.6. The van der Waals surface area contributed by atoms with Crippen molar-refractivity contribution >= 4 is 5.91 Å². The molecule has 27 heavy (non-hydrogen) atoms. The fourth-order valence-corrected chi connectivity index (χ4v) is 3.21. The molecule has 3 aromatic rings. The second kappa shape index (κ2) is 7.57. The molecule has 0 fully saturated rings. The first-order valence-electron chi connectivity index (χ1n) is 8.86. The largest absolute Gasteiger partial charge is 0.493 e. The number of para-hydroxylation sites is 1. The van der Waals surface area contributed by atoms with E-state index in [1.807, 2.05) is 30.5 Å². The normalized spacial score (nSPS) is 15.7. The van der Waals surface area contributed by atoms with Crippen molar-refractivity contribution in [2.45, 2.75) is 13.0 Å². The molecule has 3 heterocycles. The molecule has 1 N–H and O–H groups in total. The number of rotatable bonds is 6. The molecule has 0 aliphatic carbocycles. The minimum Gasteiger partial charge on any atom is -0.493 e. The Hall–Kier alpha value is -3.22. The Morgan fingerprint density at radius 1 is 1.33 bits per heavy atom. The van der Waals surface area contributed by atoms with Gasteiger partial charge in [-0.1, -0.05) is 12.1 Å². The fraction of sp³-hybridized carbons (Fsp3) is 0.300. The first kappa shape index (κ1) is 17.2. The van der Waals surface area contributed by atoms with Crippen LogP contribution in [0.15, 0.2) is 53.2 Å². The smallest absolute Gasteiger partial charge is 0.287 e. The number of nitrogens with zero attached hydrogens (tertiary/aromatic N) is 2. The van der Waals surface area contributed by atoms with Gasteiger partial charge in [0.05, 0.1) is 20.3 Å². The van der Waals surface area contributed by atoms with Gasteiger partial charge in [0, 0.05) is 24.9 Å². The third-order valence-electron chi connectivity index (χ3n) is 4.57. The number of fused-ring (bicyclic) bond motifs is 1. The molecule has 4 rings (SSSR count). The van der Waals surface area contributed by atoms with Crippen molar-refractivity contribution in [1.82, 2.24) is 15.1 Å². The molecule has 0 spiro atoms. The number of methoxy groups -OCH3 is 1. The van der Waals surface area contributed by atoms with Crippen LogP contribution in [0.4, 0.5) is 0 Å². The zero-order valence-corrected chi connectivity index (χ0v) is 15.1. The molecule has 1 atom stereocenters. The van der Waals surface area contributed by atoms with Crippen molar-refractivity contribution < 1.29 is 18.7 Å². The van der Waals surface area contributed by atoms with E-state index in [1.165, 1.54) is 0 Å². The van der Waals surface area contributed by atoms with E-state index in [0.29, 0.717) is 31.2 Å². The van der Waals surface area contributed by atoms with Crippen LogP contribution in [-0.2, 0) is 13.0 Å². The number of carbonyl (C=O) groups excluding carboxylic acids is 1. The van der Waals surface area contributed by atoms with Gasteiger partial charge in [-0.3, -0.25) is 9.48 Å². The Labute approximate surface area is 156 Å². The van der Waals surface area contributed by atoms with Crippen LogP contribution in [0.2, 0.25) is 0 Å². The number of aromatic nitrogens is 2. The van der Waals surface area contributed by atoms with Gasteiger partial charge >= 0.3 is 0 Å². The van der Waals surface area contributed by atoms with Crippen molar-refractivity contribution in [3.05, 3.63) is 65.9 Å². The maximum Gasteiger partial charge on any atom is 0.287 e. The molecule has 0 bridgehead atoms. The predicted molar refractivity (Wildman–Crippen MR) is 98.1 cm³/mol. The van der Waals surface area contributed by atoms with Gasteiger partial charge in [-0.15, -0.1) is 0 Å². The van der Waals surface area contributed by atoms with E-state index in [9.17, 15) is 4.79 Å². The molecule has 140 valence electrons. The average Bonchev–Trinajstić information content (AvgIpc) is 3.38. The minimum absolute atomic E-state index is 0.201. The highest BCUT2D eigenvalue weighted by atomic mass is 16.5. The lowest BCUT2D eigenvalue weighted by molar-refractivity contribution is 0.0908. The van der Waals surface area contributed by atoms with E-state index >= 15 is 0 Å². The standard InChI is InChI=1S/C20H21N3O4/c1-25-17-5-2-4-15-10-14(13-26-19(15)17)11-21-20(24)18-7-6-16(27-18)12-23-9-3-8-22-23/h2-9,14H,10-13H2,1H3,(H,21,24)/t14-/m0/s1. The summed E-state index contributed by atoms with van der Waals surface area (Å²) in [5, 5.41) is 7.06. The summed E-state index contributed by atoms with van der Waals surface area (Å²) in [4.78, 5) is 12.4. The Balaban J connectivity index is 1.32. The first-order chi connectivity index (χ1) is 13.2. The molecule has 1 aliphatic rings. The van der Waals surface area contributed by atoms with Gasteiger partial charge in [0.2, 0.25) is 0 Å². The molecule has 0 unspecified atom stereocenters. The number of hydrogen-bond acceptors (Lipinski definition) is 5. The SMILES string of the molecule is COc1cccc2c1OC[C@H](CNC(=O)c1ccc(Cn3cccn3)o1)C2. The van der Waals surface area contributed by atoms with Gasteiger partial charge in [0.15, 0.2) is 17.3 Å². The van der Waals surface area contributed by atoms with E-state index in [-0.39, 0.29) is 11.8 Å². The minimum atomic E-state index is -0.224. The second-order valence-corrected chi connectivity index (χ2v) is 6.51. The Bertz CT molecular complexity index is 917. The number of nitrogens with one attached hydrogen (secondary N) is 1. The van der Waals surface area contributed by atoms with Crippen molar-refractivity contribution in [1.29, 1.82) is 0 Å². The summed E-state index contributed by atoms with van der Waals surface area (Å²) in [6, 6.07) is 11.2. The molecule has 7 nitrogen and oxygen atoms in total. The highest BCUT2D eigenvalue weighted by molar-refractivity contribution is 5.91. The van der Waals surface area contributed by atoms with Gasteiger partial charge in [-0.2, -0.15) is 5.10 Å². The van der Waals surface area contributed by atoms with Gasteiger partial charge in [-0.05, 0) is 36.2 Å². The number of furan rings is 1. The summed E-state index contributed by atoms with van der Waals surface area (Å²) in [7, 11) is 1.63. The Kier molecular flexibility index (Phi) is 4.82. The van der Waals surface area contributed by atoms with Gasteiger partial charge in [0.1, 0.15) is 5.76 Å². The summed E-state index contributed by atoms with van der Waals surface area (Å²) in [5.74, 6) is 2.51. The molecular weight excluding hydrogens is 346 g/mol. The van der Waals surface area contributed by atoms with Gasteiger partial charge in [-0.25, -0.2) is 0 Å². The first-order valence-corrected chi connectivity index (χ1v) is 8.86. The molecule has 1 amide bonds. The molecular formula is C20H21N3O4. The van der Waals surface area contributed by atoms with Crippen molar-refractivity contribution in [2.24, 2.45) is 5.92 Å². The van der Waals surface area contributed by atoms with Crippen LogP contribution >= 0.6 is 0 Å². The van der Waals surface area contributed by atoms with Crippen LogP contribution in [-0.4, -0.2) is 35.9 Å². The average molecular weight is 367 g/mol. The van der Waals surface area contributed by atoms with Crippen LogP contribution in [0.5, 0.6) is 11.5 Å². The Morgan fingerprint density at radius 2 is 2.26 bits per heavy atom. The number of ether oxygens (including phenoxy) is 2. The summed E-state index contributed by atoms with van der Waals surface area (Å²) in [6.07, 6.45) is 4.38. The van der Waals surface area contributed by atoms with Crippen LogP contribution < -0.4 is 14.8 Å². The zero-order valence-electron chi connectivity index (χ0n) is 15.1.